The Morgan fingerprint density at radius 3 is 2.79 bits per heavy atom. The molecule has 0 radical (unpaired) electrons. The summed E-state index contributed by atoms with van der Waals surface area (Å²) in [6, 6.07) is 7.00. The van der Waals surface area contributed by atoms with Gasteiger partial charge < -0.3 is 25.4 Å². The number of rotatable bonds is 2. The predicted octanol–water partition coefficient (Wildman–Crippen LogP) is 1.64. The van der Waals surface area contributed by atoms with Crippen molar-refractivity contribution in [1.29, 1.82) is 0 Å². The fourth-order valence-corrected chi connectivity index (χ4v) is 3.68. The van der Waals surface area contributed by atoms with Gasteiger partial charge in [0.2, 0.25) is 0 Å². The van der Waals surface area contributed by atoms with E-state index in [1.165, 1.54) is 0 Å². The molecule has 2 aliphatic heterocycles. The van der Waals surface area contributed by atoms with Crippen molar-refractivity contribution in [2.75, 3.05) is 32.8 Å². The molecule has 0 aromatic heterocycles. The SMILES string of the molecule is CC(C)C[C@H]1CNC(=O)c2ccccc2OCC=CCC2(CNCCO2)C(=O)N1. The minimum atomic E-state index is -0.948. The highest BCUT2D eigenvalue weighted by Crippen LogP contribution is 2.22. The van der Waals surface area contributed by atoms with E-state index in [2.05, 4.69) is 29.8 Å². The number of benzene rings is 1. The number of carbonyl (C=O) groups is 2. The van der Waals surface area contributed by atoms with Gasteiger partial charge in [0.25, 0.3) is 11.8 Å². The van der Waals surface area contributed by atoms with Crippen molar-refractivity contribution in [3.05, 3.63) is 42.0 Å². The summed E-state index contributed by atoms with van der Waals surface area (Å²) in [5.74, 6) is 0.553. The highest BCUT2D eigenvalue weighted by atomic mass is 16.5. The number of fused-ring (bicyclic) bond motifs is 1. The molecule has 3 rings (SSSR count). The van der Waals surface area contributed by atoms with E-state index in [1.807, 2.05) is 24.3 Å². The molecular weight excluding hydrogens is 370 g/mol. The van der Waals surface area contributed by atoms with E-state index in [0.717, 1.165) is 13.0 Å². The summed E-state index contributed by atoms with van der Waals surface area (Å²) < 4.78 is 11.7. The number of hydrogen-bond donors (Lipinski definition) is 3. The first-order valence-corrected chi connectivity index (χ1v) is 10.3. The van der Waals surface area contributed by atoms with Crippen LogP contribution in [-0.4, -0.2) is 56.3 Å². The van der Waals surface area contributed by atoms with Gasteiger partial charge in [-0.2, -0.15) is 0 Å². The molecule has 1 aromatic carbocycles. The van der Waals surface area contributed by atoms with Crippen LogP contribution >= 0.6 is 0 Å². The third-order valence-corrected chi connectivity index (χ3v) is 5.16. The van der Waals surface area contributed by atoms with Crippen LogP contribution in [0.25, 0.3) is 0 Å². The monoisotopic (exact) mass is 401 g/mol. The first-order chi connectivity index (χ1) is 14.0. The second-order valence-corrected chi connectivity index (χ2v) is 8.01. The van der Waals surface area contributed by atoms with Gasteiger partial charge in [-0.15, -0.1) is 0 Å². The van der Waals surface area contributed by atoms with Crippen LogP contribution in [0.3, 0.4) is 0 Å². The average Bonchev–Trinajstić information content (AvgIpc) is 2.71. The zero-order chi connectivity index (χ0) is 20.7. The molecule has 3 N–H and O–H groups in total. The number of morpholine rings is 1. The lowest BCUT2D eigenvalue weighted by atomic mass is 9.94. The second-order valence-electron chi connectivity index (χ2n) is 8.01. The normalized spacial score (nSPS) is 26.2. The van der Waals surface area contributed by atoms with Crippen LogP contribution in [0.1, 0.15) is 37.0 Å². The van der Waals surface area contributed by atoms with Gasteiger partial charge in [0.05, 0.1) is 12.2 Å². The summed E-state index contributed by atoms with van der Waals surface area (Å²) in [6.07, 6.45) is 4.98. The standard InChI is InChI=1S/C22H31N3O4/c1-16(2)13-17-14-24-20(26)18-7-3-4-8-19(18)28-11-6-5-9-22(21(27)25-17)15-23-10-12-29-22/h3-8,16-17,23H,9-15H2,1-2H3,(H,24,26)(H,25,27)/t17-,22?/m0/s1. The van der Waals surface area contributed by atoms with Crippen LogP contribution in [0.4, 0.5) is 0 Å². The second kappa shape index (κ2) is 9.89. The maximum absolute atomic E-state index is 13.2. The molecule has 7 heteroatoms. The Labute approximate surface area is 172 Å². The highest BCUT2D eigenvalue weighted by Gasteiger charge is 2.41. The Morgan fingerprint density at radius 2 is 2.03 bits per heavy atom. The fourth-order valence-electron chi connectivity index (χ4n) is 3.68. The van der Waals surface area contributed by atoms with Gasteiger partial charge in [0.1, 0.15) is 12.4 Å². The van der Waals surface area contributed by atoms with Gasteiger partial charge in [0, 0.05) is 32.1 Å². The Bertz CT molecular complexity index is 741. The fraction of sp³-hybridized carbons (Fsp3) is 0.545. The minimum absolute atomic E-state index is 0.146. The highest BCUT2D eigenvalue weighted by molar-refractivity contribution is 5.97. The van der Waals surface area contributed by atoms with Gasteiger partial charge in [-0.3, -0.25) is 9.59 Å². The Kier molecular flexibility index (Phi) is 7.28. The van der Waals surface area contributed by atoms with Gasteiger partial charge >= 0.3 is 0 Å². The van der Waals surface area contributed by atoms with E-state index in [1.54, 1.807) is 12.1 Å². The Morgan fingerprint density at radius 1 is 1.21 bits per heavy atom. The summed E-state index contributed by atoms with van der Waals surface area (Å²) in [4.78, 5) is 25.9. The molecule has 2 heterocycles. The summed E-state index contributed by atoms with van der Waals surface area (Å²) in [6.45, 7) is 6.51. The zero-order valence-electron chi connectivity index (χ0n) is 17.2. The molecule has 1 unspecified atom stereocenters. The van der Waals surface area contributed by atoms with E-state index in [9.17, 15) is 9.59 Å². The minimum Gasteiger partial charge on any atom is -0.489 e. The van der Waals surface area contributed by atoms with Crippen molar-refractivity contribution < 1.29 is 19.1 Å². The lowest BCUT2D eigenvalue weighted by molar-refractivity contribution is -0.151. The molecule has 0 saturated carbocycles. The van der Waals surface area contributed by atoms with Gasteiger partial charge in [-0.1, -0.05) is 38.1 Å². The van der Waals surface area contributed by atoms with Gasteiger partial charge in [-0.05, 0) is 24.5 Å². The maximum Gasteiger partial charge on any atom is 0.255 e. The van der Waals surface area contributed by atoms with E-state index in [-0.39, 0.29) is 17.9 Å². The molecule has 1 saturated heterocycles. The maximum atomic E-state index is 13.2. The van der Waals surface area contributed by atoms with Crippen LogP contribution in [0.15, 0.2) is 36.4 Å². The summed E-state index contributed by atoms with van der Waals surface area (Å²) in [5, 5.41) is 9.34. The van der Waals surface area contributed by atoms with Gasteiger partial charge in [0.15, 0.2) is 5.60 Å². The Balaban J connectivity index is 1.86. The van der Waals surface area contributed by atoms with E-state index in [0.29, 0.717) is 50.0 Å². The van der Waals surface area contributed by atoms with Crippen LogP contribution in [0.2, 0.25) is 0 Å². The summed E-state index contributed by atoms with van der Waals surface area (Å²) in [7, 11) is 0. The lowest BCUT2D eigenvalue weighted by Gasteiger charge is -2.37. The first kappa shape index (κ1) is 21.3. The molecule has 0 bridgehead atoms. The number of para-hydroxylation sites is 1. The molecule has 1 spiro atoms. The number of carbonyl (C=O) groups excluding carboxylic acids is 2. The van der Waals surface area contributed by atoms with Crippen LogP contribution < -0.4 is 20.7 Å². The summed E-state index contributed by atoms with van der Waals surface area (Å²) in [5.41, 5.74) is -0.459. The van der Waals surface area contributed by atoms with Crippen molar-refractivity contribution in [3.63, 3.8) is 0 Å². The largest absolute Gasteiger partial charge is 0.489 e. The number of amides is 2. The lowest BCUT2D eigenvalue weighted by Crippen LogP contribution is -2.61. The van der Waals surface area contributed by atoms with Crippen molar-refractivity contribution in [3.8, 4) is 5.75 Å². The van der Waals surface area contributed by atoms with Crippen molar-refractivity contribution in [2.45, 2.75) is 38.3 Å². The third-order valence-electron chi connectivity index (χ3n) is 5.16. The van der Waals surface area contributed by atoms with Crippen molar-refractivity contribution in [1.82, 2.24) is 16.0 Å². The molecular formula is C22H31N3O4. The third kappa shape index (κ3) is 5.58. The molecule has 7 nitrogen and oxygen atoms in total. The Hall–Kier alpha value is -2.38. The number of ether oxygens (including phenoxy) is 2. The van der Waals surface area contributed by atoms with Crippen LogP contribution in [0.5, 0.6) is 5.75 Å². The van der Waals surface area contributed by atoms with Crippen LogP contribution in [0, 0.1) is 5.92 Å². The first-order valence-electron chi connectivity index (χ1n) is 10.3. The van der Waals surface area contributed by atoms with E-state index in [4.69, 9.17) is 9.47 Å². The molecule has 1 aromatic rings. The molecule has 2 amide bonds. The number of hydrogen-bond acceptors (Lipinski definition) is 5. The summed E-state index contributed by atoms with van der Waals surface area (Å²) >= 11 is 0. The molecule has 158 valence electrons. The molecule has 0 aliphatic carbocycles. The van der Waals surface area contributed by atoms with Crippen molar-refractivity contribution >= 4 is 11.8 Å². The smallest absolute Gasteiger partial charge is 0.255 e. The van der Waals surface area contributed by atoms with E-state index < -0.39 is 5.60 Å². The molecule has 1 fully saturated rings. The molecule has 2 atom stereocenters. The zero-order valence-corrected chi connectivity index (χ0v) is 17.2. The quantitative estimate of drug-likeness (QED) is 0.656. The van der Waals surface area contributed by atoms with Crippen molar-refractivity contribution in [2.24, 2.45) is 5.92 Å². The number of nitrogens with one attached hydrogen (secondary N) is 3. The molecule has 2 aliphatic rings. The van der Waals surface area contributed by atoms with Gasteiger partial charge in [-0.25, -0.2) is 0 Å². The molecule has 29 heavy (non-hydrogen) atoms. The predicted molar refractivity (Wildman–Crippen MR) is 111 cm³/mol. The average molecular weight is 402 g/mol. The van der Waals surface area contributed by atoms with E-state index >= 15 is 0 Å². The van der Waals surface area contributed by atoms with Crippen LogP contribution in [-0.2, 0) is 9.53 Å². The topological polar surface area (TPSA) is 88.7 Å².